The molecular weight excluding hydrogens is 350 g/mol. The summed E-state index contributed by atoms with van der Waals surface area (Å²) >= 11 is 2.93. The van der Waals surface area contributed by atoms with Gasteiger partial charge in [-0.3, -0.25) is 0 Å². The molecule has 0 aliphatic heterocycles. The van der Waals surface area contributed by atoms with Crippen molar-refractivity contribution in [2.24, 2.45) is 0 Å². The summed E-state index contributed by atoms with van der Waals surface area (Å²) in [5.41, 5.74) is 2.54. The molecule has 0 bridgehead atoms. The Morgan fingerprint density at radius 1 is 1.20 bits per heavy atom. The van der Waals surface area contributed by atoms with Crippen molar-refractivity contribution in [3.8, 4) is 11.3 Å². The van der Waals surface area contributed by atoms with E-state index in [-0.39, 0.29) is 12.3 Å². The van der Waals surface area contributed by atoms with Crippen LogP contribution < -0.4 is 0 Å². The van der Waals surface area contributed by atoms with Gasteiger partial charge in [0.2, 0.25) is 0 Å². The molecule has 0 saturated carbocycles. The molecule has 0 amide bonds. The molecule has 2 aromatic heterocycles. The van der Waals surface area contributed by atoms with Crippen LogP contribution >= 0.6 is 22.7 Å². The first-order valence-electron chi connectivity index (χ1n) is 7.69. The summed E-state index contributed by atoms with van der Waals surface area (Å²) in [4.78, 5) is 9.91. The van der Waals surface area contributed by atoms with E-state index in [1.54, 1.807) is 13.1 Å². The highest BCUT2D eigenvalue weighted by Gasteiger charge is 2.26. The molecule has 1 atom stereocenters. The number of nitrogens with one attached hydrogen (secondary N) is 3. The molecule has 3 rings (SSSR count). The molecule has 1 unspecified atom stereocenters. The quantitative estimate of drug-likeness (QED) is 0.520. The number of benzene rings is 1. The van der Waals surface area contributed by atoms with Gasteiger partial charge in [-0.05, 0) is 6.92 Å². The molecule has 0 saturated heterocycles. The van der Waals surface area contributed by atoms with Gasteiger partial charge in [0, 0.05) is 35.5 Å². The Balaban J connectivity index is 2.14. The molecular formula is C18H17N5S2. The van der Waals surface area contributed by atoms with Gasteiger partial charge >= 0.3 is 0 Å². The maximum absolute atomic E-state index is 8.31. The highest BCUT2D eigenvalue weighted by atomic mass is 32.1. The van der Waals surface area contributed by atoms with Crippen LogP contribution in [0.3, 0.4) is 0 Å². The topological polar surface area (TPSA) is 97.3 Å². The molecule has 1 aromatic carbocycles. The van der Waals surface area contributed by atoms with Crippen molar-refractivity contribution in [2.45, 2.75) is 19.3 Å². The molecule has 3 aromatic rings. The van der Waals surface area contributed by atoms with Gasteiger partial charge in [0.05, 0.1) is 16.3 Å². The summed E-state index contributed by atoms with van der Waals surface area (Å²) in [6.45, 7) is 1.76. The highest BCUT2D eigenvalue weighted by molar-refractivity contribution is 7.15. The number of rotatable bonds is 7. The third kappa shape index (κ3) is 3.62. The van der Waals surface area contributed by atoms with E-state index < -0.39 is 0 Å². The van der Waals surface area contributed by atoms with Crippen LogP contribution in [0.15, 0.2) is 41.9 Å². The normalized spacial score (nSPS) is 11.9. The predicted octanol–water partition coefficient (Wildman–Crippen LogP) is 4.85. The van der Waals surface area contributed by atoms with Crippen molar-refractivity contribution in [1.29, 1.82) is 16.2 Å². The molecule has 7 heteroatoms. The van der Waals surface area contributed by atoms with Crippen LogP contribution in [0.2, 0.25) is 0 Å². The van der Waals surface area contributed by atoms with Crippen molar-refractivity contribution in [1.82, 2.24) is 9.97 Å². The monoisotopic (exact) mass is 367 g/mol. The van der Waals surface area contributed by atoms with Gasteiger partial charge in [0.1, 0.15) is 15.9 Å². The Morgan fingerprint density at radius 3 is 2.56 bits per heavy atom. The maximum atomic E-state index is 8.31. The predicted molar refractivity (Wildman–Crippen MR) is 105 cm³/mol. The van der Waals surface area contributed by atoms with Crippen LogP contribution in [0.5, 0.6) is 0 Å². The summed E-state index contributed by atoms with van der Waals surface area (Å²) in [6, 6.07) is 9.77. The van der Waals surface area contributed by atoms with Gasteiger partial charge in [0.15, 0.2) is 0 Å². The summed E-state index contributed by atoms with van der Waals surface area (Å²) in [6.07, 6.45) is 3.24. The van der Waals surface area contributed by atoms with Crippen LogP contribution in [0.4, 0.5) is 0 Å². The Labute approximate surface area is 154 Å². The zero-order valence-corrected chi connectivity index (χ0v) is 15.2. The van der Waals surface area contributed by atoms with Crippen LogP contribution in [-0.4, -0.2) is 27.6 Å². The summed E-state index contributed by atoms with van der Waals surface area (Å²) in [5, 5.41) is 27.3. The molecule has 126 valence electrons. The van der Waals surface area contributed by atoms with Gasteiger partial charge in [-0.15, -0.1) is 22.7 Å². The first-order valence-corrected chi connectivity index (χ1v) is 9.38. The molecule has 0 spiro atoms. The summed E-state index contributed by atoms with van der Waals surface area (Å²) < 4.78 is 0. The van der Waals surface area contributed by atoms with E-state index >= 15 is 0 Å². The van der Waals surface area contributed by atoms with E-state index in [1.165, 1.54) is 28.9 Å². The van der Waals surface area contributed by atoms with Gasteiger partial charge in [-0.25, -0.2) is 9.97 Å². The third-order valence-corrected chi connectivity index (χ3v) is 5.67. The Hall–Kier alpha value is -2.51. The smallest absolute Gasteiger partial charge is 0.110 e. The van der Waals surface area contributed by atoms with Crippen LogP contribution in [-0.2, 0) is 0 Å². The number of hydrogen-bond donors (Lipinski definition) is 3. The standard InChI is InChI=1S/C18H17N5S2/c1-11(20)14(17-22-9-10-24-17)18-23-15(12-5-3-2-4-6-12)16(25-18)13(21)7-8-19/h2-6,8-10,14,19-21H,7H2,1H3. The van der Waals surface area contributed by atoms with E-state index in [0.717, 1.165) is 26.1 Å². The molecule has 0 radical (unpaired) electrons. The fourth-order valence-corrected chi connectivity index (χ4v) is 4.61. The van der Waals surface area contributed by atoms with Crippen molar-refractivity contribution in [3.63, 3.8) is 0 Å². The van der Waals surface area contributed by atoms with Gasteiger partial charge in [0.25, 0.3) is 0 Å². The molecule has 0 aliphatic rings. The SMILES string of the molecule is CC(=N)C(c1nccs1)c1nc(-c2ccccc2)c(C(=N)CC=N)s1. The van der Waals surface area contributed by atoms with Crippen molar-refractivity contribution >= 4 is 40.3 Å². The lowest BCUT2D eigenvalue weighted by atomic mass is 10.1. The Morgan fingerprint density at radius 2 is 1.96 bits per heavy atom. The van der Waals surface area contributed by atoms with Crippen LogP contribution in [0.25, 0.3) is 11.3 Å². The maximum Gasteiger partial charge on any atom is 0.110 e. The second-order valence-corrected chi connectivity index (χ2v) is 7.43. The van der Waals surface area contributed by atoms with Crippen molar-refractivity contribution in [3.05, 3.63) is 56.8 Å². The van der Waals surface area contributed by atoms with Crippen LogP contribution in [0, 0.1) is 16.2 Å². The lowest BCUT2D eigenvalue weighted by molar-refractivity contribution is 1.00. The fraction of sp³-hybridized carbons (Fsp3) is 0.167. The van der Waals surface area contributed by atoms with E-state index in [0.29, 0.717) is 11.4 Å². The van der Waals surface area contributed by atoms with Gasteiger partial charge in [-0.1, -0.05) is 30.3 Å². The molecule has 25 heavy (non-hydrogen) atoms. The van der Waals surface area contributed by atoms with Crippen LogP contribution in [0.1, 0.15) is 34.2 Å². The van der Waals surface area contributed by atoms with E-state index in [4.69, 9.17) is 21.2 Å². The number of thiazole rings is 2. The average molecular weight is 368 g/mol. The number of nitrogens with zero attached hydrogens (tertiary/aromatic N) is 2. The molecule has 0 fully saturated rings. The average Bonchev–Trinajstić information content (AvgIpc) is 3.26. The fourth-order valence-electron chi connectivity index (χ4n) is 2.50. The van der Waals surface area contributed by atoms with E-state index in [9.17, 15) is 0 Å². The molecule has 5 nitrogen and oxygen atoms in total. The lowest BCUT2D eigenvalue weighted by Gasteiger charge is -2.09. The Bertz CT molecular complexity index is 897. The minimum Gasteiger partial charge on any atom is -0.313 e. The molecule has 2 heterocycles. The third-order valence-electron chi connectivity index (χ3n) is 3.65. The van der Waals surface area contributed by atoms with E-state index in [2.05, 4.69) is 4.98 Å². The lowest BCUT2D eigenvalue weighted by Crippen LogP contribution is -2.09. The summed E-state index contributed by atoms with van der Waals surface area (Å²) in [5.74, 6) is -0.283. The minimum atomic E-state index is -0.283. The molecule has 3 N–H and O–H groups in total. The Kier molecular flexibility index (Phi) is 5.25. The highest BCUT2D eigenvalue weighted by Crippen LogP contribution is 2.36. The minimum absolute atomic E-state index is 0.271. The van der Waals surface area contributed by atoms with Gasteiger partial charge < -0.3 is 16.2 Å². The van der Waals surface area contributed by atoms with Crippen molar-refractivity contribution in [2.75, 3.05) is 0 Å². The number of hydrogen-bond acceptors (Lipinski definition) is 7. The largest absolute Gasteiger partial charge is 0.313 e. The van der Waals surface area contributed by atoms with E-state index in [1.807, 2.05) is 35.7 Å². The first-order chi connectivity index (χ1) is 12.1. The van der Waals surface area contributed by atoms with Gasteiger partial charge in [-0.2, -0.15) is 0 Å². The second-order valence-electron chi connectivity index (χ2n) is 5.47. The first kappa shape index (κ1) is 17.3. The summed E-state index contributed by atoms with van der Waals surface area (Å²) in [7, 11) is 0. The zero-order valence-electron chi connectivity index (χ0n) is 13.6. The molecule has 0 aliphatic carbocycles. The zero-order chi connectivity index (χ0) is 17.8. The second kappa shape index (κ2) is 7.58. The number of aromatic nitrogens is 2. The van der Waals surface area contributed by atoms with Crippen molar-refractivity contribution < 1.29 is 0 Å².